The second-order valence-corrected chi connectivity index (χ2v) is 4.58. The first kappa shape index (κ1) is 15.5. The smallest absolute Gasteiger partial charge is 0.220 e. The summed E-state index contributed by atoms with van der Waals surface area (Å²) < 4.78 is 10.6. The summed E-state index contributed by atoms with van der Waals surface area (Å²) in [7, 11) is 1.64. The van der Waals surface area contributed by atoms with Gasteiger partial charge in [0.25, 0.3) is 0 Å². The Labute approximate surface area is 115 Å². The molecule has 1 aromatic rings. The first-order valence-corrected chi connectivity index (χ1v) is 6.63. The highest BCUT2D eigenvalue weighted by Crippen LogP contribution is 2.18. The number of benzene rings is 1. The number of nitrogens with one attached hydrogen (secondary N) is 1. The molecule has 19 heavy (non-hydrogen) atoms. The summed E-state index contributed by atoms with van der Waals surface area (Å²) in [6, 6.07) is 7.76. The van der Waals surface area contributed by atoms with E-state index in [-0.39, 0.29) is 12.0 Å². The second kappa shape index (κ2) is 8.53. The minimum atomic E-state index is 0.0401. The lowest BCUT2D eigenvalue weighted by Gasteiger charge is -2.10. The summed E-state index contributed by atoms with van der Waals surface area (Å²) in [5, 5.41) is 2.84. The van der Waals surface area contributed by atoms with E-state index < -0.39 is 0 Å². The highest BCUT2D eigenvalue weighted by molar-refractivity contribution is 5.76. The molecule has 0 spiro atoms. The van der Waals surface area contributed by atoms with Crippen LogP contribution in [0.15, 0.2) is 24.3 Å². The molecule has 106 valence electrons. The van der Waals surface area contributed by atoms with Crippen molar-refractivity contribution >= 4 is 5.91 Å². The molecule has 1 rings (SSSR count). The second-order valence-electron chi connectivity index (χ2n) is 4.58. The topological polar surface area (TPSA) is 47.6 Å². The van der Waals surface area contributed by atoms with Crippen molar-refractivity contribution in [2.24, 2.45) is 0 Å². The number of aryl methyl sites for hydroxylation is 1. The largest absolute Gasteiger partial charge is 0.496 e. The standard InChI is InChI=1S/C15H23NO3/c1-12(2)19-11-10-16-15(17)9-8-13-6-4-5-7-14(13)18-3/h4-7,12H,8-11H2,1-3H3,(H,16,17). The molecule has 0 fully saturated rings. The Morgan fingerprint density at radius 2 is 2.05 bits per heavy atom. The van der Waals surface area contributed by atoms with Gasteiger partial charge in [-0.25, -0.2) is 0 Å². The summed E-state index contributed by atoms with van der Waals surface area (Å²) in [6.45, 7) is 5.06. The van der Waals surface area contributed by atoms with E-state index in [1.165, 1.54) is 0 Å². The molecule has 0 aliphatic heterocycles. The van der Waals surface area contributed by atoms with Gasteiger partial charge in [0.2, 0.25) is 5.91 Å². The first-order chi connectivity index (χ1) is 9.13. The lowest BCUT2D eigenvalue weighted by Crippen LogP contribution is -2.28. The Morgan fingerprint density at radius 3 is 2.74 bits per heavy atom. The summed E-state index contributed by atoms with van der Waals surface area (Å²) in [6.07, 6.45) is 1.34. The van der Waals surface area contributed by atoms with E-state index in [0.717, 1.165) is 11.3 Å². The Hall–Kier alpha value is -1.55. The molecule has 0 aliphatic rings. The fraction of sp³-hybridized carbons (Fsp3) is 0.533. The van der Waals surface area contributed by atoms with Crippen LogP contribution in [0.25, 0.3) is 0 Å². The molecule has 4 nitrogen and oxygen atoms in total. The van der Waals surface area contributed by atoms with Gasteiger partial charge in [-0.15, -0.1) is 0 Å². The molecule has 0 unspecified atom stereocenters. The van der Waals surface area contributed by atoms with Crippen LogP contribution in [0.5, 0.6) is 5.75 Å². The molecule has 0 aromatic heterocycles. The van der Waals surface area contributed by atoms with Crippen molar-refractivity contribution in [3.05, 3.63) is 29.8 Å². The van der Waals surface area contributed by atoms with Crippen LogP contribution in [-0.4, -0.2) is 32.3 Å². The maximum atomic E-state index is 11.7. The van der Waals surface area contributed by atoms with Gasteiger partial charge in [-0.05, 0) is 31.9 Å². The van der Waals surface area contributed by atoms with E-state index in [4.69, 9.17) is 9.47 Å². The molecule has 1 amide bonds. The molecule has 0 bridgehead atoms. The molecular formula is C15H23NO3. The zero-order chi connectivity index (χ0) is 14.1. The molecule has 0 aliphatic carbocycles. The quantitative estimate of drug-likeness (QED) is 0.733. The molecule has 0 radical (unpaired) electrons. The highest BCUT2D eigenvalue weighted by Gasteiger charge is 2.05. The van der Waals surface area contributed by atoms with Crippen LogP contribution in [0.3, 0.4) is 0 Å². The minimum Gasteiger partial charge on any atom is -0.496 e. The van der Waals surface area contributed by atoms with Gasteiger partial charge >= 0.3 is 0 Å². The average Bonchev–Trinajstić information content (AvgIpc) is 2.41. The van der Waals surface area contributed by atoms with Crippen LogP contribution in [0.1, 0.15) is 25.8 Å². The Morgan fingerprint density at radius 1 is 1.32 bits per heavy atom. The third kappa shape index (κ3) is 6.25. The molecule has 1 N–H and O–H groups in total. The van der Waals surface area contributed by atoms with Crippen molar-refractivity contribution in [2.75, 3.05) is 20.3 Å². The predicted octanol–water partition coefficient (Wildman–Crippen LogP) is 2.17. The van der Waals surface area contributed by atoms with Gasteiger partial charge in [-0.1, -0.05) is 18.2 Å². The average molecular weight is 265 g/mol. The molecule has 4 heteroatoms. The first-order valence-electron chi connectivity index (χ1n) is 6.63. The fourth-order valence-electron chi connectivity index (χ4n) is 1.73. The maximum Gasteiger partial charge on any atom is 0.220 e. The molecule has 0 heterocycles. The van der Waals surface area contributed by atoms with E-state index >= 15 is 0 Å². The number of hydrogen-bond acceptors (Lipinski definition) is 3. The molecule has 1 aromatic carbocycles. The van der Waals surface area contributed by atoms with Gasteiger partial charge in [0.1, 0.15) is 5.75 Å². The van der Waals surface area contributed by atoms with Crippen molar-refractivity contribution in [1.29, 1.82) is 0 Å². The van der Waals surface area contributed by atoms with Crippen LogP contribution in [-0.2, 0) is 16.0 Å². The van der Waals surface area contributed by atoms with E-state index in [1.54, 1.807) is 7.11 Å². The summed E-state index contributed by atoms with van der Waals surface area (Å²) >= 11 is 0. The lowest BCUT2D eigenvalue weighted by atomic mass is 10.1. The fourth-order valence-corrected chi connectivity index (χ4v) is 1.73. The number of amides is 1. The van der Waals surface area contributed by atoms with Gasteiger partial charge < -0.3 is 14.8 Å². The SMILES string of the molecule is COc1ccccc1CCC(=O)NCCOC(C)C. The van der Waals surface area contributed by atoms with E-state index in [1.807, 2.05) is 38.1 Å². The van der Waals surface area contributed by atoms with Gasteiger partial charge in [0.05, 0.1) is 19.8 Å². The lowest BCUT2D eigenvalue weighted by molar-refractivity contribution is -0.121. The highest BCUT2D eigenvalue weighted by atomic mass is 16.5. The Kier molecular flexibility index (Phi) is 6.97. The van der Waals surface area contributed by atoms with Crippen molar-refractivity contribution < 1.29 is 14.3 Å². The third-order valence-corrected chi connectivity index (χ3v) is 2.69. The summed E-state index contributed by atoms with van der Waals surface area (Å²) in [4.78, 5) is 11.7. The number of ether oxygens (including phenoxy) is 2. The number of methoxy groups -OCH3 is 1. The van der Waals surface area contributed by atoms with Crippen LogP contribution in [0.2, 0.25) is 0 Å². The van der Waals surface area contributed by atoms with Gasteiger partial charge in [0, 0.05) is 13.0 Å². The number of hydrogen-bond donors (Lipinski definition) is 1. The zero-order valence-corrected chi connectivity index (χ0v) is 11.9. The van der Waals surface area contributed by atoms with Gasteiger partial charge in [0.15, 0.2) is 0 Å². The molecular weight excluding hydrogens is 242 g/mol. The van der Waals surface area contributed by atoms with Crippen molar-refractivity contribution in [1.82, 2.24) is 5.32 Å². The number of carbonyl (C=O) groups is 1. The predicted molar refractivity (Wildman–Crippen MR) is 75.4 cm³/mol. The maximum absolute atomic E-state index is 11.7. The van der Waals surface area contributed by atoms with Crippen LogP contribution in [0, 0.1) is 0 Å². The Balaban J connectivity index is 2.26. The molecule has 0 atom stereocenters. The summed E-state index contributed by atoms with van der Waals surface area (Å²) in [5.41, 5.74) is 1.05. The number of rotatable bonds is 8. The van der Waals surface area contributed by atoms with Crippen molar-refractivity contribution in [3.63, 3.8) is 0 Å². The van der Waals surface area contributed by atoms with E-state index in [9.17, 15) is 4.79 Å². The summed E-state index contributed by atoms with van der Waals surface area (Å²) in [5.74, 6) is 0.872. The molecule has 0 saturated carbocycles. The third-order valence-electron chi connectivity index (χ3n) is 2.69. The number of para-hydroxylation sites is 1. The van der Waals surface area contributed by atoms with E-state index in [0.29, 0.717) is 26.0 Å². The molecule has 0 saturated heterocycles. The Bertz CT molecular complexity index is 391. The normalized spacial score (nSPS) is 10.5. The van der Waals surface area contributed by atoms with Crippen LogP contribution < -0.4 is 10.1 Å². The number of carbonyl (C=O) groups excluding carboxylic acids is 1. The van der Waals surface area contributed by atoms with E-state index in [2.05, 4.69) is 5.32 Å². The van der Waals surface area contributed by atoms with Crippen LogP contribution in [0.4, 0.5) is 0 Å². The van der Waals surface area contributed by atoms with Gasteiger partial charge in [-0.2, -0.15) is 0 Å². The monoisotopic (exact) mass is 265 g/mol. The van der Waals surface area contributed by atoms with Gasteiger partial charge in [-0.3, -0.25) is 4.79 Å². The van der Waals surface area contributed by atoms with Crippen molar-refractivity contribution in [2.45, 2.75) is 32.8 Å². The van der Waals surface area contributed by atoms with Crippen LogP contribution >= 0.6 is 0 Å². The zero-order valence-electron chi connectivity index (χ0n) is 11.9. The van der Waals surface area contributed by atoms with Crippen molar-refractivity contribution in [3.8, 4) is 5.75 Å². The minimum absolute atomic E-state index is 0.0401.